The van der Waals surface area contributed by atoms with Gasteiger partial charge in [-0.25, -0.2) is 0 Å². The predicted molar refractivity (Wildman–Crippen MR) is 115 cm³/mol. The normalized spacial score (nSPS) is 14.2. The molecular weight excluding hydrogens is 486 g/mol. The molecule has 0 aliphatic rings. The highest BCUT2D eigenvalue weighted by Crippen LogP contribution is 2.49. The van der Waals surface area contributed by atoms with Gasteiger partial charge in [-0.2, -0.15) is 13.2 Å². The van der Waals surface area contributed by atoms with Crippen LogP contribution in [0.25, 0.3) is 0 Å². The molecule has 2 atom stereocenters. The molecule has 0 fully saturated rings. The molecule has 0 spiro atoms. The van der Waals surface area contributed by atoms with Crippen LogP contribution in [0.1, 0.15) is 26.3 Å². The third kappa shape index (κ3) is 6.89. The van der Waals surface area contributed by atoms with Gasteiger partial charge in [-0.1, -0.05) is 6.92 Å². The van der Waals surface area contributed by atoms with E-state index in [0.717, 1.165) is 24.3 Å². The molecule has 0 amide bonds. The molecule has 11 nitrogen and oxygen atoms in total. The van der Waals surface area contributed by atoms with E-state index in [2.05, 4.69) is 5.32 Å². The van der Waals surface area contributed by atoms with Crippen LogP contribution in [0.4, 0.5) is 30.2 Å². The molecule has 34 heavy (non-hydrogen) atoms. The standard InChI is InChI=1S/C19H21F3N3O8P/c1-4-31-34(30,5-2)33-12(3)23-15-11-14(7-8-16(15)24(26)27)32-18-9-6-13(19(20,21)22)10-17(18)25(28)29/h6-12,23H,4-5H2,1-3H3. The molecule has 2 unspecified atom stereocenters. The second-order valence-electron chi connectivity index (χ2n) is 6.71. The Hall–Kier alpha value is -3.22. The molecule has 2 aromatic rings. The Morgan fingerprint density at radius 1 is 1.06 bits per heavy atom. The first-order valence-electron chi connectivity index (χ1n) is 9.80. The number of nitro groups is 2. The molecule has 0 aliphatic heterocycles. The molecule has 15 heteroatoms. The van der Waals surface area contributed by atoms with Crippen LogP contribution >= 0.6 is 7.60 Å². The summed E-state index contributed by atoms with van der Waals surface area (Å²) < 4.78 is 67.1. The van der Waals surface area contributed by atoms with Gasteiger partial charge < -0.3 is 14.6 Å². The molecule has 0 radical (unpaired) electrons. The van der Waals surface area contributed by atoms with Gasteiger partial charge in [0.1, 0.15) is 17.7 Å². The summed E-state index contributed by atoms with van der Waals surface area (Å²) in [6.45, 7) is 4.75. The first-order chi connectivity index (χ1) is 15.8. The number of nitrogens with zero attached hydrogens (tertiary/aromatic N) is 2. The van der Waals surface area contributed by atoms with E-state index < -0.39 is 52.5 Å². The van der Waals surface area contributed by atoms with E-state index >= 15 is 0 Å². The predicted octanol–water partition coefficient (Wildman–Crippen LogP) is 6.34. The van der Waals surface area contributed by atoms with Gasteiger partial charge in [0.25, 0.3) is 5.69 Å². The lowest BCUT2D eigenvalue weighted by atomic mass is 10.2. The van der Waals surface area contributed by atoms with Crippen molar-refractivity contribution in [1.82, 2.24) is 0 Å². The smallest absolute Gasteiger partial charge is 0.416 e. The zero-order chi connectivity index (χ0) is 25.7. The van der Waals surface area contributed by atoms with Crippen LogP contribution in [0.3, 0.4) is 0 Å². The lowest BCUT2D eigenvalue weighted by molar-refractivity contribution is -0.385. The van der Waals surface area contributed by atoms with E-state index in [-0.39, 0.29) is 24.2 Å². The lowest BCUT2D eigenvalue weighted by Gasteiger charge is -2.22. The summed E-state index contributed by atoms with van der Waals surface area (Å²) in [6, 6.07) is 4.97. The van der Waals surface area contributed by atoms with Gasteiger partial charge in [-0.05, 0) is 32.0 Å². The third-order valence-corrected chi connectivity index (χ3v) is 6.33. The van der Waals surface area contributed by atoms with Crippen LogP contribution in [0.5, 0.6) is 11.5 Å². The fourth-order valence-corrected chi connectivity index (χ4v) is 4.10. The summed E-state index contributed by atoms with van der Waals surface area (Å²) in [5.41, 5.74) is -2.76. The summed E-state index contributed by atoms with van der Waals surface area (Å²) >= 11 is 0. The average Bonchev–Trinajstić information content (AvgIpc) is 2.73. The maximum atomic E-state index is 12.9. The van der Waals surface area contributed by atoms with E-state index in [9.17, 15) is 38.0 Å². The maximum absolute atomic E-state index is 12.9. The van der Waals surface area contributed by atoms with Crippen LogP contribution in [0.15, 0.2) is 36.4 Å². The van der Waals surface area contributed by atoms with Crippen molar-refractivity contribution < 1.29 is 41.4 Å². The zero-order valence-corrected chi connectivity index (χ0v) is 19.1. The van der Waals surface area contributed by atoms with E-state index in [4.69, 9.17) is 13.8 Å². The van der Waals surface area contributed by atoms with Crippen molar-refractivity contribution in [2.75, 3.05) is 18.1 Å². The van der Waals surface area contributed by atoms with Gasteiger partial charge in [0.05, 0.1) is 22.0 Å². The second-order valence-corrected chi connectivity index (χ2v) is 9.04. The minimum atomic E-state index is -4.80. The van der Waals surface area contributed by atoms with Gasteiger partial charge >= 0.3 is 19.5 Å². The summed E-state index contributed by atoms with van der Waals surface area (Å²) in [7, 11) is -3.47. The Morgan fingerprint density at radius 2 is 1.71 bits per heavy atom. The molecule has 0 aliphatic carbocycles. The van der Waals surface area contributed by atoms with Crippen LogP contribution in [0, 0.1) is 20.2 Å². The highest BCUT2D eigenvalue weighted by molar-refractivity contribution is 7.53. The minimum Gasteiger partial charge on any atom is -0.450 e. The lowest BCUT2D eigenvalue weighted by Crippen LogP contribution is -2.20. The van der Waals surface area contributed by atoms with Crippen molar-refractivity contribution in [3.8, 4) is 11.5 Å². The van der Waals surface area contributed by atoms with Crippen molar-refractivity contribution in [2.45, 2.75) is 33.2 Å². The number of rotatable bonds is 11. The van der Waals surface area contributed by atoms with Crippen molar-refractivity contribution in [2.24, 2.45) is 0 Å². The summed E-state index contributed by atoms with van der Waals surface area (Å²) in [4.78, 5) is 20.9. The Kier molecular flexibility index (Phi) is 8.59. The van der Waals surface area contributed by atoms with E-state index in [1.54, 1.807) is 13.8 Å². The Morgan fingerprint density at radius 3 is 2.24 bits per heavy atom. The first kappa shape index (κ1) is 27.0. The highest BCUT2D eigenvalue weighted by Gasteiger charge is 2.33. The molecule has 1 N–H and O–H groups in total. The number of hydrogen-bond donors (Lipinski definition) is 1. The van der Waals surface area contributed by atoms with Crippen LogP contribution in [-0.2, 0) is 19.8 Å². The fraction of sp³-hybridized carbons (Fsp3) is 0.368. The van der Waals surface area contributed by atoms with Gasteiger partial charge in [-0.15, -0.1) is 0 Å². The molecule has 186 valence electrons. The molecular formula is C19H21F3N3O8P. The Labute approximate surface area is 191 Å². The van der Waals surface area contributed by atoms with Crippen molar-refractivity contribution in [1.29, 1.82) is 0 Å². The SMILES string of the molecule is CCOP(=O)(CC)OC(C)Nc1cc(Oc2ccc(C(F)(F)F)cc2[N+](=O)[O-])ccc1[N+](=O)[O-]. The van der Waals surface area contributed by atoms with Crippen molar-refractivity contribution in [3.63, 3.8) is 0 Å². The van der Waals surface area contributed by atoms with Gasteiger partial charge in [-0.3, -0.25) is 29.3 Å². The number of nitro benzene ring substituents is 2. The molecule has 0 saturated carbocycles. The Bertz CT molecular complexity index is 1110. The topological polar surface area (TPSA) is 143 Å². The number of anilines is 1. The number of hydrogen-bond acceptors (Lipinski definition) is 9. The monoisotopic (exact) mass is 507 g/mol. The second kappa shape index (κ2) is 10.8. The van der Waals surface area contributed by atoms with Gasteiger partial charge in [0.2, 0.25) is 5.75 Å². The van der Waals surface area contributed by atoms with Crippen LogP contribution < -0.4 is 10.1 Å². The largest absolute Gasteiger partial charge is 0.450 e. The van der Waals surface area contributed by atoms with Gasteiger partial charge in [0.15, 0.2) is 0 Å². The molecule has 0 heterocycles. The minimum absolute atomic E-state index is 0.0513. The zero-order valence-electron chi connectivity index (χ0n) is 18.2. The average molecular weight is 507 g/mol. The van der Waals surface area contributed by atoms with E-state index in [1.165, 1.54) is 6.92 Å². The van der Waals surface area contributed by atoms with Gasteiger partial charge in [0, 0.05) is 24.4 Å². The molecule has 0 aromatic heterocycles. The number of ether oxygens (including phenoxy) is 1. The van der Waals surface area contributed by atoms with Crippen LogP contribution in [0.2, 0.25) is 0 Å². The molecule has 0 bridgehead atoms. The Balaban J connectivity index is 2.37. The maximum Gasteiger partial charge on any atom is 0.416 e. The number of benzene rings is 2. The summed E-state index contributed by atoms with van der Waals surface area (Å²) in [5, 5.41) is 25.3. The van der Waals surface area contributed by atoms with Crippen LogP contribution in [-0.4, -0.2) is 28.8 Å². The quantitative estimate of drug-likeness (QED) is 0.159. The summed E-state index contributed by atoms with van der Waals surface area (Å²) in [5.74, 6) is -0.652. The highest BCUT2D eigenvalue weighted by atomic mass is 31.2. The van der Waals surface area contributed by atoms with Crippen molar-refractivity contribution >= 4 is 24.7 Å². The number of alkyl halides is 3. The van der Waals surface area contributed by atoms with E-state index in [0.29, 0.717) is 12.1 Å². The molecule has 0 saturated heterocycles. The van der Waals surface area contributed by atoms with Crippen molar-refractivity contribution in [3.05, 3.63) is 62.2 Å². The summed E-state index contributed by atoms with van der Waals surface area (Å²) in [6.07, 6.45) is -5.77. The fourth-order valence-electron chi connectivity index (χ4n) is 2.78. The third-order valence-electron chi connectivity index (χ3n) is 4.27. The number of nitrogens with one attached hydrogen (secondary N) is 1. The first-order valence-corrected chi connectivity index (χ1v) is 11.5. The number of halogens is 3. The van der Waals surface area contributed by atoms with E-state index in [1.807, 2.05) is 0 Å². The molecule has 2 rings (SSSR count). The molecule has 2 aromatic carbocycles.